The second kappa shape index (κ2) is 12.1. The molecule has 6 rings (SSSR count). The number of aromatic nitrogens is 2. The maximum atomic E-state index is 13.7. The molecule has 0 saturated heterocycles. The average Bonchev–Trinajstić information content (AvgIpc) is 3.86. The standard InChI is InChI=1S/C16H15ClFNO4.C13H8Cl2FNO2/c17-12-7-14-10(6-13(12)18)15(21)11(8-19(14)9-2-3-9)16(22)23-5-1-4-20;14-9-4-11-7(3-10(9)16)12(18)8(13(15)19)5-17(11)6-1-2-6/h6-9,20H,1-5H2;3-6H,1-2H2. The summed E-state index contributed by atoms with van der Waals surface area (Å²) in [6.45, 7) is -0.0910. The van der Waals surface area contributed by atoms with E-state index in [9.17, 15) is 28.0 Å². The molecule has 2 aliphatic carbocycles. The molecule has 0 unspecified atom stereocenters. The molecule has 13 heteroatoms. The first-order valence-electron chi connectivity index (χ1n) is 13.1. The van der Waals surface area contributed by atoms with Gasteiger partial charge in [0.25, 0.3) is 5.24 Å². The lowest BCUT2D eigenvalue weighted by atomic mass is 10.1. The molecule has 0 amide bonds. The number of carbonyl (C=O) groups excluding carboxylic acids is 2. The van der Waals surface area contributed by atoms with Crippen LogP contribution in [0.25, 0.3) is 21.8 Å². The molecule has 42 heavy (non-hydrogen) atoms. The van der Waals surface area contributed by atoms with Crippen LogP contribution in [-0.4, -0.2) is 38.7 Å². The minimum absolute atomic E-state index is 0.0191. The lowest BCUT2D eigenvalue weighted by Gasteiger charge is -2.13. The number of ether oxygens (including phenoxy) is 1. The first-order valence-corrected chi connectivity index (χ1v) is 14.2. The maximum Gasteiger partial charge on any atom is 0.343 e. The van der Waals surface area contributed by atoms with E-state index in [4.69, 9.17) is 44.6 Å². The Morgan fingerprint density at radius 3 is 1.71 bits per heavy atom. The van der Waals surface area contributed by atoms with Crippen LogP contribution >= 0.6 is 34.8 Å². The first-order chi connectivity index (χ1) is 20.0. The summed E-state index contributed by atoms with van der Waals surface area (Å²) in [5.74, 6) is -2.16. The van der Waals surface area contributed by atoms with E-state index in [-0.39, 0.29) is 57.2 Å². The third-order valence-electron chi connectivity index (χ3n) is 7.00. The number of carbonyl (C=O) groups is 2. The Bertz CT molecular complexity index is 1870. The monoisotopic (exact) mass is 638 g/mol. The second-order valence-electron chi connectivity index (χ2n) is 10.1. The predicted octanol–water partition coefficient (Wildman–Crippen LogP) is 6.18. The van der Waals surface area contributed by atoms with Crippen molar-refractivity contribution in [1.29, 1.82) is 0 Å². The summed E-state index contributed by atoms with van der Waals surface area (Å²) in [6.07, 6.45) is 6.92. The third kappa shape index (κ3) is 6.08. The quantitative estimate of drug-likeness (QED) is 0.147. The highest BCUT2D eigenvalue weighted by Crippen LogP contribution is 2.38. The Morgan fingerprint density at radius 1 is 0.833 bits per heavy atom. The smallest absolute Gasteiger partial charge is 0.343 e. The van der Waals surface area contributed by atoms with Crippen molar-refractivity contribution >= 4 is 67.8 Å². The maximum absolute atomic E-state index is 13.7. The first kappa shape index (κ1) is 30.2. The summed E-state index contributed by atoms with van der Waals surface area (Å²) < 4.78 is 35.8. The molecule has 1 N–H and O–H groups in total. The zero-order valence-electron chi connectivity index (χ0n) is 21.8. The largest absolute Gasteiger partial charge is 0.462 e. The molecule has 2 heterocycles. The van der Waals surface area contributed by atoms with Gasteiger partial charge >= 0.3 is 5.97 Å². The molecule has 220 valence electrons. The van der Waals surface area contributed by atoms with Crippen molar-refractivity contribution < 1.29 is 28.2 Å². The number of aliphatic hydroxyl groups excluding tert-OH is 1. The fraction of sp³-hybridized carbons (Fsp3) is 0.310. The van der Waals surface area contributed by atoms with Gasteiger partial charge in [0, 0.05) is 48.3 Å². The molecule has 2 fully saturated rings. The van der Waals surface area contributed by atoms with Crippen molar-refractivity contribution in [3.63, 3.8) is 0 Å². The number of nitrogens with zero attached hydrogens (tertiary/aromatic N) is 2. The van der Waals surface area contributed by atoms with E-state index in [2.05, 4.69) is 0 Å². The lowest BCUT2D eigenvalue weighted by Crippen LogP contribution is -2.21. The second-order valence-corrected chi connectivity index (χ2v) is 11.2. The van der Waals surface area contributed by atoms with E-state index in [0.29, 0.717) is 17.5 Å². The summed E-state index contributed by atoms with van der Waals surface area (Å²) in [6, 6.07) is 5.32. The van der Waals surface area contributed by atoms with Crippen molar-refractivity contribution in [1.82, 2.24) is 9.13 Å². The number of esters is 1. The summed E-state index contributed by atoms with van der Waals surface area (Å²) in [5, 5.41) is 8.00. The van der Waals surface area contributed by atoms with E-state index in [1.807, 2.05) is 0 Å². The number of hydrogen-bond donors (Lipinski definition) is 1. The molecule has 2 aromatic carbocycles. The van der Waals surface area contributed by atoms with Gasteiger partial charge in [0.15, 0.2) is 0 Å². The molecule has 2 saturated carbocycles. The summed E-state index contributed by atoms with van der Waals surface area (Å²) in [7, 11) is 0. The highest BCUT2D eigenvalue weighted by molar-refractivity contribution is 6.67. The Hall–Kier alpha value is -3.31. The zero-order chi connectivity index (χ0) is 30.3. The van der Waals surface area contributed by atoms with Crippen LogP contribution in [-0.2, 0) is 4.74 Å². The van der Waals surface area contributed by atoms with Crippen molar-refractivity contribution in [2.75, 3.05) is 13.2 Å². The van der Waals surface area contributed by atoms with Crippen LogP contribution in [0.2, 0.25) is 10.0 Å². The van der Waals surface area contributed by atoms with E-state index in [1.54, 1.807) is 9.13 Å². The number of benzene rings is 2. The Balaban J connectivity index is 0.000000171. The van der Waals surface area contributed by atoms with Gasteiger partial charge in [-0.1, -0.05) is 23.2 Å². The number of hydrogen-bond acceptors (Lipinski definition) is 6. The Morgan fingerprint density at radius 2 is 1.29 bits per heavy atom. The fourth-order valence-electron chi connectivity index (χ4n) is 4.59. The predicted molar refractivity (Wildman–Crippen MR) is 155 cm³/mol. The molecule has 0 aliphatic heterocycles. The Kier molecular flexibility index (Phi) is 8.71. The van der Waals surface area contributed by atoms with E-state index in [0.717, 1.165) is 37.8 Å². The number of rotatable bonds is 7. The molecule has 4 aromatic rings. The van der Waals surface area contributed by atoms with Crippen molar-refractivity contribution in [3.8, 4) is 0 Å². The van der Waals surface area contributed by atoms with E-state index in [1.165, 1.54) is 24.5 Å². The molecule has 0 bridgehead atoms. The minimum Gasteiger partial charge on any atom is -0.462 e. The van der Waals surface area contributed by atoms with Crippen molar-refractivity contribution in [2.24, 2.45) is 0 Å². The van der Waals surface area contributed by atoms with Crippen molar-refractivity contribution in [2.45, 2.75) is 44.2 Å². The normalized spacial score (nSPS) is 14.5. The van der Waals surface area contributed by atoms with Crippen LogP contribution in [0.3, 0.4) is 0 Å². The van der Waals surface area contributed by atoms with Gasteiger partial charge in [-0.15, -0.1) is 0 Å². The fourth-order valence-corrected chi connectivity index (χ4v) is 5.04. The van der Waals surface area contributed by atoms with Crippen LogP contribution in [0.15, 0.2) is 46.2 Å². The zero-order valence-corrected chi connectivity index (χ0v) is 24.1. The van der Waals surface area contributed by atoms with Crippen LogP contribution in [0, 0.1) is 11.6 Å². The summed E-state index contributed by atoms with van der Waals surface area (Å²) in [4.78, 5) is 48.0. The number of halogens is 5. The third-order valence-corrected chi connectivity index (χ3v) is 7.78. The number of pyridine rings is 2. The Labute approximate surface area is 252 Å². The average molecular weight is 640 g/mol. The molecule has 0 spiro atoms. The van der Waals surface area contributed by atoms with Gasteiger partial charge in [-0.2, -0.15) is 0 Å². The van der Waals surface area contributed by atoms with E-state index < -0.39 is 33.7 Å². The van der Waals surface area contributed by atoms with Crippen LogP contribution in [0.4, 0.5) is 8.78 Å². The van der Waals surface area contributed by atoms with Gasteiger partial charge in [0.2, 0.25) is 10.9 Å². The highest BCUT2D eigenvalue weighted by Gasteiger charge is 2.28. The van der Waals surface area contributed by atoms with Gasteiger partial charge in [-0.05, 0) is 61.5 Å². The van der Waals surface area contributed by atoms with Gasteiger partial charge in [0.1, 0.15) is 17.2 Å². The molecule has 2 aromatic heterocycles. The summed E-state index contributed by atoms with van der Waals surface area (Å²) in [5.41, 5.74) is -0.382. The van der Waals surface area contributed by atoms with Gasteiger partial charge < -0.3 is 19.0 Å². The number of fused-ring (bicyclic) bond motifs is 2. The summed E-state index contributed by atoms with van der Waals surface area (Å²) >= 11 is 17.0. The van der Waals surface area contributed by atoms with Gasteiger partial charge in [-0.3, -0.25) is 14.4 Å². The lowest BCUT2D eigenvalue weighted by molar-refractivity contribution is 0.0480. The SMILES string of the molecule is O=C(Cl)c1cn(C2CC2)c2cc(Cl)c(F)cc2c1=O.O=C(OCCCO)c1cn(C2CC2)c2cc(Cl)c(F)cc2c1=O. The van der Waals surface area contributed by atoms with Crippen LogP contribution in [0.5, 0.6) is 0 Å². The van der Waals surface area contributed by atoms with Gasteiger partial charge in [0.05, 0.1) is 33.2 Å². The molecule has 2 aliphatic rings. The molecular weight excluding hydrogens is 617 g/mol. The van der Waals surface area contributed by atoms with Crippen LogP contribution in [0.1, 0.15) is 64.9 Å². The van der Waals surface area contributed by atoms with Gasteiger partial charge in [-0.25, -0.2) is 13.6 Å². The highest BCUT2D eigenvalue weighted by atomic mass is 35.5. The minimum atomic E-state index is -0.836. The van der Waals surface area contributed by atoms with E-state index >= 15 is 0 Å². The number of aliphatic hydroxyl groups is 1. The molecule has 0 radical (unpaired) electrons. The topological polar surface area (TPSA) is 108 Å². The molecule has 0 atom stereocenters. The van der Waals surface area contributed by atoms with Crippen LogP contribution < -0.4 is 10.9 Å². The van der Waals surface area contributed by atoms with Crippen molar-refractivity contribution in [3.05, 3.63) is 89.9 Å². The molecule has 8 nitrogen and oxygen atoms in total. The molecular formula is C29H23Cl3F2N2O6.